The predicted molar refractivity (Wildman–Crippen MR) is 70.2 cm³/mol. The van der Waals surface area contributed by atoms with Gasteiger partial charge in [-0.15, -0.1) is 0 Å². The average molecular weight is 237 g/mol. The van der Waals surface area contributed by atoms with Crippen LogP contribution >= 0.6 is 11.8 Å². The van der Waals surface area contributed by atoms with Gasteiger partial charge in [0, 0.05) is 6.04 Å². The Labute approximate surface area is 102 Å². The van der Waals surface area contributed by atoms with Crippen molar-refractivity contribution >= 4 is 11.8 Å². The molecule has 1 aliphatic heterocycles. The van der Waals surface area contributed by atoms with Crippen molar-refractivity contribution in [3.63, 3.8) is 0 Å². The second kappa shape index (κ2) is 5.60. The lowest BCUT2D eigenvalue weighted by Gasteiger charge is -2.23. The summed E-state index contributed by atoms with van der Waals surface area (Å²) in [5, 5.41) is 3.44. The Bertz CT molecular complexity index is 319. The normalized spacial score (nSPS) is 22.0. The standard InChI is InChI=1S/C13H19NOS/c1-14-13(11-7-8-16-9-11)10-3-5-12(15-2)6-4-10/h3-6,11,13-14H,7-9H2,1-2H3. The van der Waals surface area contributed by atoms with E-state index in [1.54, 1.807) is 7.11 Å². The van der Waals surface area contributed by atoms with Gasteiger partial charge >= 0.3 is 0 Å². The lowest BCUT2D eigenvalue weighted by molar-refractivity contribution is 0.409. The molecule has 16 heavy (non-hydrogen) atoms. The number of hydrogen-bond donors (Lipinski definition) is 1. The highest BCUT2D eigenvalue weighted by atomic mass is 32.2. The Morgan fingerprint density at radius 3 is 2.62 bits per heavy atom. The second-order valence-electron chi connectivity index (χ2n) is 4.16. The Morgan fingerprint density at radius 2 is 2.12 bits per heavy atom. The first-order valence-corrected chi connectivity index (χ1v) is 6.89. The zero-order chi connectivity index (χ0) is 11.4. The van der Waals surface area contributed by atoms with Crippen LogP contribution in [0.3, 0.4) is 0 Å². The summed E-state index contributed by atoms with van der Waals surface area (Å²) in [6, 6.07) is 8.91. The zero-order valence-electron chi connectivity index (χ0n) is 9.90. The summed E-state index contributed by atoms with van der Waals surface area (Å²) < 4.78 is 5.18. The van der Waals surface area contributed by atoms with E-state index in [9.17, 15) is 0 Å². The van der Waals surface area contributed by atoms with Crippen LogP contribution in [-0.2, 0) is 0 Å². The van der Waals surface area contributed by atoms with Crippen LogP contribution in [0.1, 0.15) is 18.0 Å². The van der Waals surface area contributed by atoms with Crippen LogP contribution in [0.15, 0.2) is 24.3 Å². The molecule has 1 aromatic carbocycles. The van der Waals surface area contributed by atoms with Crippen molar-refractivity contribution in [1.82, 2.24) is 5.32 Å². The summed E-state index contributed by atoms with van der Waals surface area (Å²) in [4.78, 5) is 0. The van der Waals surface area contributed by atoms with Crippen LogP contribution in [0.4, 0.5) is 0 Å². The van der Waals surface area contributed by atoms with E-state index >= 15 is 0 Å². The summed E-state index contributed by atoms with van der Waals surface area (Å²) in [7, 11) is 3.76. The number of benzene rings is 1. The van der Waals surface area contributed by atoms with Gasteiger partial charge in [-0.1, -0.05) is 12.1 Å². The number of methoxy groups -OCH3 is 1. The number of ether oxygens (including phenoxy) is 1. The Balaban J connectivity index is 2.12. The minimum atomic E-state index is 0.487. The van der Waals surface area contributed by atoms with Gasteiger partial charge in [0.05, 0.1) is 7.11 Å². The highest BCUT2D eigenvalue weighted by Crippen LogP contribution is 2.34. The summed E-state index contributed by atoms with van der Waals surface area (Å²) in [5.74, 6) is 4.28. The van der Waals surface area contributed by atoms with E-state index in [0.29, 0.717) is 6.04 Å². The predicted octanol–water partition coefficient (Wildman–Crippen LogP) is 2.71. The van der Waals surface area contributed by atoms with E-state index in [1.165, 1.54) is 23.5 Å². The van der Waals surface area contributed by atoms with Gasteiger partial charge in [0.1, 0.15) is 5.75 Å². The molecule has 0 aliphatic carbocycles. The van der Waals surface area contributed by atoms with E-state index in [2.05, 4.69) is 36.3 Å². The van der Waals surface area contributed by atoms with Crippen LogP contribution in [-0.4, -0.2) is 25.7 Å². The molecule has 88 valence electrons. The van der Waals surface area contributed by atoms with E-state index in [-0.39, 0.29) is 0 Å². The minimum Gasteiger partial charge on any atom is -0.497 e. The molecule has 0 amide bonds. The molecule has 0 spiro atoms. The minimum absolute atomic E-state index is 0.487. The molecule has 0 aromatic heterocycles. The Morgan fingerprint density at radius 1 is 1.38 bits per heavy atom. The van der Waals surface area contributed by atoms with Crippen molar-refractivity contribution in [2.24, 2.45) is 5.92 Å². The van der Waals surface area contributed by atoms with Gasteiger partial charge in [-0.05, 0) is 48.6 Å². The first kappa shape index (κ1) is 11.8. The van der Waals surface area contributed by atoms with Gasteiger partial charge in [0.2, 0.25) is 0 Å². The monoisotopic (exact) mass is 237 g/mol. The van der Waals surface area contributed by atoms with E-state index < -0.39 is 0 Å². The molecule has 3 heteroatoms. The van der Waals surface area contributed by atoms with Crippen LogP contribution < -0.4 is 10.1 Å². The topological polar surface area (TPSA) is 21.3 Å². The maximum atomic E-state index is 5.18. The number of hydrogen-bond acceptors (Lipinski definition) is 3. The van der Waals surface area contributed by atoms with Crippen LogP contribution in [0.2, 0.25) is 0 Å². The quantitative estimate of drug-likeness (QED) is 0.870. The first-order chi connectivity index (χ1) is 7.85. The molecule has 2 rings (SSSR count). The highest BCUT2D eigenvalue weighted by molar-refractivity contribution is 7.99. The van der Waals surface area contributed by atoms with Crippen LogP contribution in [0, 0.1) is 5.92 Å². The summed E-state index contributed by atoms with van der Waals surface area (Å²) in [6.45, 7) is 0. The SMILES string of the molecule is CNC(c1ccc(OC)cc1)C1CCSC1. The first-order valence-electron chi connectivity index (χ1n) is 5.74. The third kappa shape index (κ3) is 2.53. The summed E-state index contributed by atoms with van der Waals surface area (Å²) in [5.41, 5.74) is 1.37. The fourth-order valence-electron chi connectivity index (χ4n) is 2.30. The van der Waals surface area contributed by atoms with Gasteiger partial charge in [-0.2, -0.15) is 11.8 Å². The van der Waals surface area contributed by atoms with Crippen molar-refractivity contribution in [2.45, 2.75) is 12.5 Å². The van der Waals surface area contributed by atoms with Gasteiger partial charge in [0.15, 0.2) is 0 Å². The van der Waals surface area contributed by atoms with E-state index in [1.807, 2.05) is 12.1 Å². The fourth-order valence-corrected chi connectivity index (χ4v) is 3.60. The second-order valence-corrected chi connectivity index (χ2v) is 5.31. The molecule has 1 saturated heterocycles. The molecule has 2 atom stereocenters. The van der Waals surface area contributed by atoms with E-state index in [0.717, 1.165) is 11.7 Å². The number of rotatable bonds is 4. The summed E-state index contributed by atoms with van der Waals surface area (Å²) >= 11 is 2.06. The highest BCUT2D eigenvalue weighted by Gasteiger charge is 2.25. The smallest absolute Gasteiger partial charge is 0.118 e. The molecule has 2 nitrogen and oxygen atoms in total. The molecule has 1 fully saturated rings. The van der Waals surface area contributed by atoms with Crippen molar-refractivity contribution in [3.8, 4) is 5.75 Å². The Hall–Kier alpha value is -0.670. The van der Waals surface area contributed by atoms with Gasteiger partial charge in [0.25, 0.3) is 0 Å². The lowest BCUT2D eigenvalue weighted by Crippen LogP contribution is -2.25. The zero-order valence-corrected chi connectivity index (χ0v) is 10.7. The number of thioether (sulfide) groups is 1. The molecule has 1 aliphatic rings. The van der Waals surface area contributed by atoms with Gasteiger partial charge in [-0.25, -0.2) is 0 Å². The van der Waals surface area contributed by atoms with Crippen molar-refractivity contribution in [2.75, 3.05) is 25.7 Å². The van der Waals surface area contributed by atoms with Gasteiger partial charge in [-0.3, -0.25) is 0 Å². The molecule has 0 bridgehead atoms. The molecule has 1 heterocycles. The third-order valence-electron chi connectivity index (χ3n) is 3.22. The molecular weight excluding hydrogens is 218 g/mol. The maximum Gasteiger partial charge on any atom is 0.118 e. The van der Waals surface area contributed by atoms with Crippen LogP contribution in [0.5, 0.6) is 5.75 Å². The average Bonchev–Trinajstić information content (AvgIpc) is 2.85. The van der Waals surface area contributed by atoms with Crippen molar-refractivity contribution in [1.29, 1.82) is 0 Å². The maximum absolute atomic E-state index is 5.18. The molecule has 2 unspecified atom stereocenters. The molecule has 1 aromatic rings. The lowest BCUT2D eigenvalue weighted by atomic mass is 9.92. The van der Waals surface area contributed by atoms with Crippen molar-refractivity contribution in [3.05, 3.63) is 29.8 Å². The summed E-state index contributed by atoms with van der Waals surface area (Å²) in [6.07, 6.45) is 1.32. The fraction of sp³-hybridized carbons (Fsp3) is 0.538. The van der Waals surface area contributed by atoms with Gasteiger partial charge < -0.3 is 10.1 Å². The Kier molecular flexibility index (Phi) is 4.13. The molecule has 1 N–H and O–H groups in total. The van der Waals surface area contributed by atoms with Crippen LogP contribution in [0.25, 0.3) is 0 Å². The molecule has 0 radical (unpaired) electrons. The molecule has 0 saturated carbocycles. The molecular formula is C13H19NOS. The van der Waals surface area contributed by atoms with Crippen molar-refractivity contribution < 1.29 is 4.74 Å². The third-order valence-corrected chi connectivity index (χ3v) is 4.41. The van der Waals surface area contributed by atoms with E-state index in [4.69, 9.17) is 4.74 Å². The number of nitrogens with one attached hydrogen (secondary N) is 1. The largest absolute Gasteiger partial charge is 0.497 e.